The van der Waals surface area contributed by atoms with Crippen LogP contribution >= 0.6 is 11.5 Å². The smallest absolute Gasteiger partial charge is 0.340 e. The third-order valence-corrected chi connectivity index (χ3v) is 2.56. The van der Waals surface area contributed by atoms with Gasteiger partial charge in [0.05, 0.1) is 5.69 Å². The van der Waals surface area contributed by atoms with Crippen LogP contribution in [0.1, 0.15) is 16.1 Å². The minimum absolute atomic E-state index is 0.0511. The van der Waals surface area contributed by atoms with E-state index in [9.17, 15) is 9.59 Å². The van der Waals surface area contributed by atoms with E-state index in [1.165, 1.54) is 4.90 Å². The van der Waals surface area contributed by atoms with E-state index in [0.29, 0.717) is 5.69 Å². The van der Waals surface area contributed by atoms with E-state index in [4.69, 9.17) is 5.11 Å². The fourth-order valence-corrected chi connectivity index (χ4v) is 1.69. The second-order valence-electron chi connectivity index (χ2n) is 3.10. The Labute approximate surface area is 90.7 Å². The van der Waals surface area contributed by atoms with Gasteiger partial charge in [-0.25, -0.2) is 9.59 Å². The number of carbonyl (C=O) groups is 2. The topological polar surface area (TPSA) is 82.5 Å². The lowest BCUT2D eigenvalue weighted by molar-refractivity contribution is 0.0697. The van der Waals surface area contributed by atoms with Gasteiger partial charge in [-0.3, -0.25) is 5.32 Å². The van der Waals surface area contributed by atoms with E-state index in [1.54, 1.807) is 21.0 Å². The van der Waals surface area contributed by atoms with Gasteiger partial charge >= 0.3 is 12.0 Å². The lowest BCUT2D eigenvalue weighted by Crippen LogP contribution is -2.27. The second kappa shape index (κ2) is 4.26. The van der Waals surface area contributed by atoms with Crippen molar-refractivity contribution in [3.63, 3.8) is 0 Å². The zero-order valence-electron chi connectivity index (χ0n) is 8.57. The van der Waals surface area contributed by atoms with Crippen LogP contribution in [0.2, 0.25) is 0 Å². The third-order valence-electron chi connectivity index (χ3n) is 1.70. The molecule has 1 aromatic heterocycles. The molecule has 1 heterocycles. The van der Waals surface area contributed by atoms with Gasteiger partial charge in [0.25, 0.3) is 0 Å². The molecular weight excluding hydrogens is 218 g/mol. The Balaban J connectivity index is 2.96. The van der Waals surface area contributed by atoms with Crippen molar-refractivity contribution in [2.24, 2.45) is 0 Å². The highest BCUT2D eigenvalue weighted by Gasteiger charge is 2.19. The first kappa shape index (κ1) is 11.4. The third kappa shape index (κ3) is 2.44. The predicted octanol–water partition coefficient (Wildman–Crippen LogP) is 1.24. The van der Waals surface area contributed by atoms with Crippen LogP contribution in [0.4, 0.5) is 9.80 Å². The Morgan fingerprint density at radius 2 is 2.07 bits per heavy atom. The average molecular weight is 229 g/mol. The first-order chi connectivity index (χ1) is 6.93. The average Bonchev–Trinajstić information content (AvgIpc) is 2.46. The highest BCUT2D eigenvalue weighted by Crippen LogP contribution is 2.24. The summed E-state index contributed by atoms with van der Waals surface area (Å²) in [6.45, 7) is 1.59. The molecule has 0 bridgehead atoms. The summed E-state index contributed by atoms with van der Waals surface area (Å²) in [5, 5.41) is 11.6. The Morgan fingerprint density at radius 3 is 2.53 bits per heavy atom. The molecule has 0 fully saturated rings. The maximum atomic E-state index is 11.3. The molecule has 2 amide bonds. The van der Waals surface area contributed by atoms with Crippen LogP contribution in [0.3, 0.4) is 0 Å². The molecule has 15 heavy (non-hydrogen) atoms. The van der Waals surface area contributed by atoms with Gasteiger partial charge in [-0.05, 0) is 18.5 Å². The first-order valence-corrected chi connectivity index (χ1v) is 4.88. The molecule has 0 radical (unpaired) electrons. The molecule has 0 aliphatic heterocycles. The summed E-state index contributed by atoms with van der Waals surface area (Å²) < 4.78 is 3.88. The second-order valence-corrected chi connectivity index (χ2v) is 3.88. The Bertz CT molecular complexity index is 400. The summed E-state index contributed by atoms with van der Waals surface area (Å²) in [4.78, 5) is 23.5. The van der Waals surface area contributed by atoms with Gasteiger partial charge in [-0.15, -0.1) is 0 Å². The molecule has 0 aromatic carbocycles. The van der Waals surface area contributed by atoms with Crippen molar-refractivity contribution in [1.29, 1.82) is 0 Å². The van der Waals surface area contributed by atoms with E-state index in [-0.39, 0.29) is 16.6 Å². The molecule has 6 nitrogen and oxygen atoms in total. The number of hydrogen-bond donors (Lipinski definition) is 2. The van der Waals surface area contributed by atoms with E-state index in [0.717, 1.165) is 11.5 Å². The SMILES string of the molecule is Cc1nsc(NC(=O)N(C)C)c1C(=O)O. The number of aryl methyl sites for hydroxylation is 1. The molecular formula is C8H11N3O3S. The summed E-state index contributed by atoms with van der Waals surface area (Å²) in [5.41, 5.74) is 0.455. The van der Waals surface area contributed by atoms with Crippen LogP contribution in [0.5, 0.6) is 0 Å². The molecule has 1 aromatic rings. The number of anilines is 1. The number of nitrogens with zero attached hydrogens (tertiary/aromatic N) is 2. The van der Waals surface area contributed by atoms with Gasteiger partial charge in [0.2, 0.25) is 0 Å². The van der Waals surface area contributed by atoms with Crippen molar-refractivity contribution in [1.82, 2.24) is 9.27 Å². The monoisotopic (exact) mass is 229 g/mol. The quantitative estimate of drug-likeness (QED) is 0.799. The van der Waals surface area contributed by atoms with E-state index < -0.39 is 5.97 Å². The lowest BCUT2D eigenvalue weighted by Gasteiger charge is -2.10. The summed E-state index contributed by atoms with van der Waals surface area (Å²) in [6, 6.07) is -0.374. The summed E-state index contributed by atoms with van der Waals surface area (Å²) in [7, 11) is 3.15. The molecule has 82 valence electrons. The van der Waals surface area contributed by atoms with Gasteiger partial charge < -0.3 is 10.0 Å². The highest BCUT2D eigenvalue weighted by atomic mass is 32.1. The molecule has 0 aliphatic carbocycles. The molecule has 0 aliphatic rings. The van der Waals surface area contributed by atoms with Crippen LogP contribution in [0.15, 0.2) is 0 Å². The van der Waals surface area contributed by atoms with Crippen molar-refractivity contribution in [3.8, 4) is 0 Å². The molecule has 0 saturated heterocycles. The zero-order chi connectivity index (χ0) is 11.6. The Hall–Kier alpha value is -1.63. The molecule has 0 spiro atoms. The summed E-state index contributed by atoms with van der Waals surface area (Å²) in [6.07, 6.45) is 0. The number of carbonyl (C=O) groups excluding carboxylic acids is 1. The molecule has 0 unspecified atom stereocenters. The fraction of sp³-hybridized carbons (Fsp3) is 0.375. The number of amides is 2. The minimum Gasteiger partial charge on any atom is -0.478 e. The van der Waals surface area contributed by atoms with E-state index >= 15 is 0 Å². The van der Waals surface area contributed by atoms with Gasteiger partial charge in [-0.1, -0.05) is 0 Å². The Kier molecular flexibility index (Phi) is 3.25. The largest absolute Gasteiger partial charge is 0.478 e. The number of urea groups is 1. The molecule has 7 heteroatoms. The van der Waals surface area contributed by atoms with E-state index in [2.05, 4.69) is 9.69 Å². The summed E-state index contributed by atoms with van der Waals surface area (Å²) in [5.74, 6) is -1.09. The molecule has 2 N–H and O–H groups in total. The van der Waals surface area contributed by atoms with Gasteiger partial charge in [0, 0.05) is 14.1 Å². The first-order valence-electron chi connectivity index (χ1n) is 4.11. The number of hydrogen-bond acceptors (Lipinski definition) is 4. The normalized spacial score (nSPS) is 9.80. The zero-order valence-corrected chi connectivity index (χ0v) is 9.38. The molecule has 0 atom stereocenters. The summed E-state index contributed by atoms with van der Waals surface area (Å²) >= 11 is 0.961. The van der Waals surface area contributed by atoms with Crippen LogP contribution in [0.25, 0.3) is 0 Å². The van der Waals surface area contributed by atoms with Gasteiger partial charge in [0.15, 0.2) is 0 Å². The number of aromatic nitrogens is 1. The predicted molar refractivity (Wildman–Crippen MR) is 56.5 cm³/mol. The number of nitrogens with one attached hydrogen (secondary N) is 1. The van der Waals surface area contributed by atoms with Crippen molar-refractivity contribution in [2.45, 2.75) is 6.92 Å². The maximum absolute atomic E-state index is 11.3. The Morgan fingerprint density at radius 1 is 1.47 bits per heavy atom. The number of carboxylic acids is 1. The lowest BCUT2D eigenvalue weighted by atomic mass is 10.2. The standard InChI is InChI=1S/C8H11N3O3S/c1-4-5(7(12)13)6(15-10-4)9-8(14)11(2)3/h1-3H3,(H,9,14)(H,12,13). The number of carboxylic acid groups (broad SMARTS) is 1. The van der Waals surface area contributed by atoms with Gasteiger partial charge in [0.1, 0.15) is 10.6 Å². The minimum atomic E-state index is -1.09. The van der Waals surface area contributed by atoms with Crippen LogP contribution in [-0.2, 0) is 0 Å². The number of rotatable bonds is 2. The fourth-order valence-electron chi connectivity index (χ4n) is 0.916. The van der Waals surface area contributed by atoms with Gasteiger partial charge in [-0.2, -0.15) is 4.37 Å². The highest BCUT2D eigenvalue weighted by molar-refractivity contribution is 7.11. The van der Waals surface area contributed by atoms with Crippen LogP contribution in [-0.4, -0.2) is 40.5 Å². The number of aromatic carboxylic acids is 1. The van der Waals surface area contributed by atoms with Crippen LogP contribution in [0, 0.1) is 6.92 Å². The van der Waals surface area contributed by atoms with Crippen molar-refractivity contribution in [3.05, 3.63) is 11.3 Å². The molecule has 1 rings (SSSR count). The van der Waals surface area contributed by atoms with Crippen molar-refractivity contribution in [2.75, 3.05) is 19.4 Å². The van der Waals surface area contributed by atoms with Crippen molar-refractivity contribution < 1.29 is 14.7 Å². The van der Waals surface area contributed by atoms with Crippen molar-refractivity contribution >= 4 is 28.5 Å². The maximum Gasteiger partial charge on any atom is 0.340 e. The van der Waals surface area contributed by atoms with Crippen LogP contribution < -0.4 is 5.32 Å². The van der Waals surface area contributed by atoms with E-state index in [1.807, 2.05) is 0 Å². The molecule has 0 saturated carbocycles.